The standard InChI is InChI=1S/C19H18F3NO4/c1-12(18(25)26)10-13-2-6-15(7-3-13)23-17(24)11-14-4-8-16(9-5-14)27-19(20,21)22/h2-9,12H,10-11H2,1H3,(H,23,24)(H,25,26). The normalized spacial score (nSPS) is 12.3. The minimum Gasteiger partial charge on any atom is -0.481 e. The number of aliphatic carboxylic acids is 1. The molecule has 0 aliphatic heterocycles. The molecule has 2 rings (SSSR count). The molecular formula is C19H18F3NO4. The Morgan fingerprint density at radius 3 is 2.11 bits per heavy atom. The number of ether oxygens (including phenoxy) is 1. The van der Waals surface area contributed by atoms with Crippen LogP contribution in [0.2, 0.25) is 0 Å². The zero-order valence-electron chi connectivity index (χ0n) is 14.4. The van der Waals surface area contributed by atoms with Crippen LogP contribution in [0, 0.1) is 5.92 Å². The highest BCUT2D eigenvalue weighted by atomic mass is 19.4. The highest BCUT2D eigenvalue weighted by Crippen LogP contribution is 2.23. The first-order valence-electron chi connectivity index (χ1n) is 8.08. The number of carboxylic acids is 1. The Labute approximate surface area is 153 Å². The Kier molecular flexibility index (Phi) is 6.44. The summed E-state index contributed by atoms with van der Waals surface area (Å²) in [5.74, 6) is -2.06. The number of carbonyl (C=O) groups excluding carboxylic acids is 1. The van der Waals surface area contributed by atoms with E-state index >= 15 is 0 Å². The smallest absolute Gasteiger partial charge is 0.481 e. The maximum atomic E-state index is 12.1. The molecule has 2 aromatic carbocycles. The van der Waals surface area contributed by atoms with Crippen LogP contribution in [0.1, 0.15) is 18.1 Å². The number of nitrogens with one attached hydrogen (secondary N) is 1. The molecule has 0 saturated heterocycles. The van der Waals surface area contributed by atoms with E-state index in [1.54, 1.807) is 31.2 Å². The van der Waals surface area contributed by atoms with E-state index in [9.17, 15) is 22.8 Å². The van der Waals surface area contributed by atoms with Gasteiger partial charge in [0.15, 0.2) is 0 Å². The zero-order valence-corrected chi connectivity index (χ0v) is 14.4. The first-order valence-corrected chi connectivity index (χ1v) is 8.08. The van der Waals surface area contributed by atoms with Crippen molar-refractivity contribution < 1.29 is 32.6 Å². The summed E-state index contributed by atoms with van der Waals surface area (Å²) in [6.07, 6.45) is -4.38. The van der Waals surface area contributed by atoms with Gasteiger partial charge in [-0.25, -0.2) is 0 Å². The molecule has 0 spiro atoms. The van der Waals surface area contributed by atoms with Crippen LogP contribution in [0.25, 0.3) is 0 Å². The van der Waals surface area contributed by atoms with Crippen LogP contribution < -0.4 is 10.1 Å². The SMILES string of the molecule is CC(Cc1ccc(NC(=O)Cc2ccc(OC(F)(F)F)cc2)cc1)C(=O)O. The number of halogens is 3. The molecule has 0 heterocycles. The minimum atomic E-state index is -4.76. The molecule has 1 atom stereocenters. The van der Waals surface area contributed by atoms with Crippen molar-refractivity contribution in [3.8, 4) is 5.75 Å². The predicted molar refractivity (Wildman–Crippen MR) is 92.4 cm³/mol. The number of anilines is 1. The maximum Gasteiger partial charge on any atom is 0.573 e. The summed E-state index contributed by atoms with van der Waals surface area (Å²) in [4.78, 5) is 22.9. The number of benzene rings is 2. The van der Waals surface area contributed by atoms with Crippen molar-refractivity contribution in [1.82, 2.24) is 0 Å². The van der Waals surface area contributed by atoms with Crippen molar-refractivity contribution in [2.75, 3.05) is 5.32 Å². The third kappa shape index (κ3) is 7.01. The van der Waals surface area contributed by atoms with E-state index in [0.29, 0.717) is 17.7 Å². The number of carboxylic acid groups (broad SMARTS) is 1. The molecule has 2 N–H and O–H groups in total. The van der Waals surface area contributed by atoms with Crippen LogP contribution in [0.15, 0.2) is 48.5 Å². The van der Waals surface area contributed by atoms with Crippen LogP contribution in [-0.2, 0) is 22.4 Å². The fraction of sp³-hybridized carbons (Fsp3) is 0.263. The van der Waals surface area contributed by atoms with Crippen LogP contribution in [0.5, 0.6) is 5.75 Å². The summed E-state index contributed by atoms with van der Waals surface area (Å²) in [6.45, 7) is 1.61. The predicted octanol–water partition coefficient (Wildman–Crippen LogP) is 4.03. The molecule has 1 unspecified atom stereocenters. The summed E-state index contributed by atoms with van der Waals surface area (Å²) in [7, 11) is 0. The molecule has 0 aliphatic carbocycles. The van der Waals surface area contributed by atoms with Crippen LogP contribution in [-0.4, -0.2) is 23.3 Å². The van der Waals surface area contributed by atoms with Gasteiger partial charge in [0.25, 0.3) is 0 Å². The van der Waals surface area contributed by atoms with Gasteiger partial charge in [0, 0.05) is 5.69 Å². The summed E-state index contributed by atoms with van der Waals surface area (Å²) in [5.41, 5.74) is 1.92. The lowest BCUT2D eigenvalue weighted by Crippen LogP contribution is -2.17. The fourth-order valence-electron chi connectivity index (χ4n) is 2.36. The minimum absolute atomic E-state index is 0.00982. The van der Waals surface area contributed by atoms with E-state index in [-0.39, 0.29) is 18.1 Å². The number of hydrogen-bond donors (Lipinski definition) is 2. The van der Waals surface area contributed by atoms with E-state index < -0.39 is 18.2 Å². The van der Waals surface area contributed by atoms with Crippen LogP contribution in [0.4, 0.5) is 18.9 Å². The highest BCUT2D eigenvalue weighted by molar-refractivity contribution is 5.92. The monoisotopic (exact) mass is 381 g/mol. The Morgan fingerprint density at radius 2 is 1.59 bits per heavy atom. The lowest BCUT2D eigenvalue weighted by Gasteiger charge is -2.10. The summed E-state index contributed by atoms with van der Waals surface area (Å²) >= 11 is 0. The van der Waals surface area contributed by atoms with E-state index in [0.717, 1.165) is 17.7 Å². The largest absolute Gasteiger partial charge is 0.573 e. The molecule has 5 nitrogen and oxygen atoms in total. The van der Waals surface area contributed by atoms with Gasteiger partial charge in [0.1, 0.15) is 5.75 Å². The van der Waals surface area contributed by atoms with Gasteiger partial charge in [-0.15, -0.1) is 13.2 Å². The van der Waals surface area contributed by atoms with Gasteiger partial charge in [-0.05, 0) is 41.8 Å². The van der Waals surface area contributed by atoms with Crippen molar-refractivity contribution >= 4 is 17.6 Å². The lowest BCUT2D eigenvalue weighted by atomic mass is 10.0. The van der Waals surface area contributed by atoms with Crippen molar-refractivity contribution in [2.45, 2.75) is 26.1 Å². The first-order chi connectivity index (χ1) is 12.6. The molecule has 0 bridgehead atoms. The Morgan fingerprint density at radius 1 is 1.04 bits per heavy atom. The highest BCUT2D eigenvalue weighted by Gasteiger charge is 2.30. The van der Waals surface area contributed by atoms with Crippen molar-refractivity contribution in [3.63, 3.8) is 0 Å². The molecule has 0 radical (unpaired) electrons. The number of amides is 1. The summed E-state index contributed by atoms with van der Waals surface area (Å²) < 4.78 is 40.1. The topological polar surface area (TPSA) is 75.6 Å². The van der Waals surface area contributed by atoms with E-state index in [1.807, 2.05) is 0 Å². The zero-order chi connectivity index (χ0) is 20.0. The molecule has 8 heteroatoms. The van der Waals surface area contributed by atoms with Gasteiger partial charge < -0.3 is 15.2 Å². The Bertz CT molecular complexity index is 786. The Balaban J connectivity index is 1.89. The van der Waals surface area contributed by atoms with Gasteiger partial charge in [0.05, 0.1) is 12.3 Å². The average Bonchev–Trinajstić information content (AvgIpc) is 2.57. The van der Waals surface area contributed by atoms with Gasteiger partial charge >= 0.3 is 12.3 Å². The third-order valence-electron chi connectivity index (χ3n) is 3.72. The quantitative estimate of drug-likeness (QED) is 0.759. The van der Waals surface area contributed by atoms with Crippen LogP contribution >= 0.6 is 0 Å². The second-order valence-corrected chi connectivity index (χ2v) is 6.06. The third-order valence-corrected chi connectivity index (χ3v) is 3.72. The summed E-state index contributed by atoms with van der Waals surface area (Å²) in [5, 5.41) is 11.6. The van der Waals surface area contributed by atoms with Gasteiger partial charge in [-0.1, -0.05) is 31.2 Å². The van der Waals surface area contributed by atoms with Gasteiger partial charge in [0.2, 0.25) is 5.91 Å². The molecule has 2 aromatic rings. The second-order valence-electron chi connectivity index (χ2n) is 6.06. The van der Waals surface area contributed by atoms with E-state index in [2.05, 4.69) is 10.1 Å². The molecular weight excluding hydrogens is 363 g/mol. The fourth-order valence-corrected chi connectivity index (χ4v) is 2.36. The molecule has 1 amide bonds. The molecule has 27 heavy (non-hydrogen) atoms. The molecule has 0 aromatic heterocycles. The van der Waals surface area contributed by atoms with Crippen LogP contribution in [0.3, 0.4) is 0 Å². The molecule has 0 aliphatic rings. The van der Waals surface area contributed by atoms with Gasteiger partial charge in [-0.3, -0.25) is 9.59 Å². The second kappa shape index (κ2) is 8.57. The number of hydrogen-bond acceptors (Lipinski definition) is 3. The molecule has 0 fully saturated rings. The average molecular weight is 381 g/mol. The van der Waals surface area contributed by atoms with Crippen molar-refractivity contribution in [3.05, 3.63) is 59.7 Å². The number of alkyl halides is 3. The maximum absolute atomic E-state index is 12.1. The van der Waals surface area contributed by atoms with E-state index in [4.69, 9.17) is 5.11 Å². The molecule has 144 valence electrons. The van der Waals surface area contributed by atoms with Gasteiger partial charge in [-0.2, -0.15) is 0 Å². The van der Waals surface area contributed by atoms with Crippen molar-refractivity contribution in [2.24, 2.45) is 5.92 Å². The van der Waals surface area contributed by atoms with Crippen molar-refractivity contribution in [1.29, 1.82) is 0 Å². The molecule has 0 saturated carbocycles. The number of rotatable bonds is 7. The lowest BCUT2D eigenvalue weighted by molar-refractivity contribution is -0.274. The number of carbonyl (C=O) groups is 2. The Hall–Kier alpha value is -3.03. The first kappa shape index (κ1) is 20.3. The summed E-state index contributed by atoms with van der Waals surface area (Å²) in [6, 6.07) is 11.9. The van der Waals surface area contributed by atoms with E-state index in [1.165, 1.54) is 12.1 Å².